The van der Waals surface area contributed by atoms with Crippen LogP contribution in [-0.2, 0) is 6.54 Å². The van der Waals surface area contributed by atoms with Gasteiger partial charge in [-0.2, -0.15) is 5.10 Å². The third kappa shape index (κ3) is 2.38. The molecule has 96 valence electrons. The summed E-state index contributed by atoms with van der Waals surface area (Å²) >= 11 is 0. The van der Waals surface area contributed by atoms with Crippen LogP contribution in [0.15, 0.2) is 12.3 Å². The Morgan fingerprint density at radius 2 is 2.29 bits per heavy atom. The highest BCUT2D eigenvalue weighted by Gasteiger charge is 2.36. The van der Waals surface area contributed by atoms with Crippen molar-refractivity contribution in [2.75, 3.05) is 6.54 Å². The number of aryl methyl sites for hydroxylation is 1. The molecule has 0 aliphatic carbocycles. The summed E-state index contributed by atoms with van der Waals surface area (Å²) in [6.07, 6.45) is 4.09. The maximum absolute atomic E-state index is 6.28. The summed E-state index contributed by atoms with van der Waals surface area (Å²) in [6.45, 7) is 8.75. The molecule has 0 aromatic carbocycles. The number of nitrogens with zero attached hydrogens (tertiary/aromatic N) is 3. The van der Waals surface area contributed by atoms with Crippen molar-refractivity contribution >= 4 is 0 Å². The van der Waals surface area contributed by atoms with Gasteiger partial charge in [-0.3, -0.25) is 9.58 Å². The quantitative estimate of drug-likeness (QED) is 0.866. The van der Waals surface area contributed by atoms with E-state index in [2.05, 4.69) is 41.5 Å². The van der Waals surface area contributed by atoms with Crippen LogP contribution >= 0.6 is 0 Å². The number of hydrogen-bond donors (Lipinski definition) is 1. The van der Waals surface area contributed by atoms with E-state index in [1.807, 2.05) is 6.20 Å². The number of nitrogens with two attached hydrogens (primary N) is 1. The molecule has 1 aromatic rings. The van der Waals surface area contributed by atoms with E-state index in [-0.39, 0.29) is 6.04 Å². The molecule has 1 aromatic heterocycles. The number of likely N-dealkylation sites (tertiary alicyclic amines) is 1. The first-order valence-electron chi connectivity index (χ1n) is 6.68. The first-order chi connectivity index (χ1) is 8.15. The minimum Gasteiger partial charge on any atom is -0.326 e. The molecule has 1 aliphatic heterocycles. The molecule has 0 bridgehead atoms. The normalized spacial score (nSPS) is 25.9. The standard InChI is InChI=1S/C13H24N4/c1-4-8-17-12(5-7-15-17)13-11(14)6-9-16(13)10(2)3/h5,7,10-11,13H,4,6,8-9,14H2,1-3H3. The van der Waals surface area contributed by atoms with Crippen LogP contribution in [0, 0.1) is 0 Å². The van der Waals surface area contributed by atoms with Crippen LogP contribution in [0.4, 0.5) is 0 Å². The Balaban J connectivity index is 2.26. The van der Waals surface area contributed by atoms with Crippen LogP contribution in [0.1, 0.15) is 45.3 Å². The zero-order valence-electron chi connectivity index (χ0n) is 11.1. The van der Waals surface area contributed by atoms with Crippen LogP contribution in [0.2, 0.25) is 0 Å². The van der Waals surface area contributed by atoms with Gasteiger partial charge in [-0.25, -0.2) is 0 Å². The molecule has 2 N–H and O–H groups in total. The molecule has 2 atom stereocenters. The maximum Gasteiger partial charge on any atom is 0.0673 e. The van der Waals surface area contributed by atoms with E-state index < -0.39 is 0 Å². The van der Waals surface area contributed by atoms with E-state index in [0.29, 0.717) is 12.1 Å². The van der Waals surface area contributed by atoms with Gasteiger partial charge in [0.2, 0.25) is 0 Å². The van der Waals surface area contributed by atoms with Gasteiger partial charge in [0, 0.05) is 31.4 Å². The molecule has 4 heteroatoms. The highest BCUT2D eigenvalue weighted by Crippen LogP contribution is 2.32. The van der Waals surface area contributed by atoms with Crippen molar-refractivity contribution in [2.45, 2.75) is 58.3 Å². The lowest BCUT2D eigenvalue weighted by molar-refractivity contribution is 0.189. The van der Waals surface area contributed by atoms with Crippen LogP contribution in [0.25, 0.3) is 0 Å². The summed E-state index contributed by atoms with van der Waals surface area (Å²) in [4.78, 5) is 2.49. The predicted octanol–water partition coefficient (Wildman–Crippen LogP) is 1.78. The molecule has 1 fully saturated rings. The first kappa shape index (κ1) is 12.6. The third-order valence-electron chi connectivity index (χ3n) is 3.63. The lowest BCUT2D eigenvalue weighted by Gasteiger charge is -2.30. The first-order valence-corrected chi connectivity index (χ1v) is 6.68. The molecule has 0 radical (unpaired) electrons. The molecular weight excluding hydrogens is 212 g/mol. The Hall–Kier alpha value is -0.870. The molecule has 17 heavy (non-hydrogen) atoms. The zero-order chi connectivity index (χ0) is 12.4. The maximum atomic E-state index is 6.28. The van der Waals surface area contributed by atoms with Gasteiger partial charge in [-0.05, 0) is 32.8 Å². The van der Waals surface area contributed by atoms with Crippen molar-refractivity contribution in [2.24, 2.45) is 5.73 Å². The van der Waals surface area contributed by atoms with E-state index >= 15 is 0 Å². The number of aromatic nitrogens is 2. The van der Waals surface area contributed by atoms with Gasteiger partial charge in [0.25, 0.3) is 0 Å². The second-order valence-electron chi connectivity index (χ2n) is 5.21. The van der Waals surface area contributed by atoms with Crippen molar-refractivity contribution in [3.63, 3.8) is 0 Å². The van der Waals surface area contributed by atoms with Crippen LogP contribution < -0.4 is 5.73 Å². The largest absolute Gasteiger partial charge is 0.326 e. The fraction of sp³-hybridized carbons (Fsp3) is 0.769. The number of hydrogen-bond acceptors (Lipinski definition) is 3. The fourth-order valence-corrected chi connectivity index (χ4v) is 2.80. The Kier molecular flexibility index (Phi) is 3.84. The molecule has 1 aliphatic rings. The van der Waals surface area contributed by atoms with E-state index in [4.69, 9.17) is 5.73 Å². The molecule has 0 spiro atoms. The highest BCUT2D eigenvalue weighted by molar-refractivity contribution is 5.13. The molecule has 0 amide bonds. The van der Waals surface area contributed by atoms with E-state index in [1.54, 1.807) is 0 Å². The van der Waals surface area contributed by atoms with Gasteiger partial charge in [-0.15, -0.1) is 0 Å². The van der Waals surface area contributed by atoms with E-state index in [0.717, 1.165) is 25.9 Å². The zero-order valence-corrected chi connectivity index (χ0v) is 11.1. The smallest absolute Gasteiger partial charge is 0.0673 e. The van der Waals surface area contributed by atoms with Crippen LogP contribution in [-0.4, -0.2) is 33.3 Å². The average Bonchev–Trinajstić information content (AvgIpc) is 2.85. The summed E-state index contributed by atoms with van der Waals surface area (Å²) in [7, 11) is 0. The lowest BCUT2D eigenvalue weighted by atomic mass is 10.1. The molecular formula is C13H24N4. The Morgan fingerprint density at radius 3 is 2.94 bits per heavy atom. The van der Waals surface area contributed by atoms with Crippen molar-refractivity contribution in [1.82, 2.24) is 14.7 Å². The molecule has 1 saturated heterocycles. The van der Waals surface area contributed by atoms with Gasteiger partial charge < -0.3 is 5.73 Å². The minimum atomic E-state index is 0.240. The third-order valence-corrected chi connectivity index (χ3v) is 3.63. The highest BCUT2D eigenvalue weighted by atomic mass is 15.3. The average molecular weight is 236 g/mol. The van der Waals surface area contributed by atoms with Crippen molar-refractivity contribution in [1.29, 1.82) is 0 Å². The van der Waals surface area contributed by atoms with Gasteiger partial charge in [0.05, 0.1) is 11.7 Å². The Labute approximate surface area is 104 Å². The van der Waals surface area contributed by atoms with Crippen molar-refractivity contribution in [3.8, 4) is 0 Å². The predicted molar refractivity (Wildman–Crippen MR) is 69.7 cm³/mol. The topological polar surface area (TPSA) is 47.1 Å². The van der Waals surface area contributed by atoms with Gasteiger partial charge in [0.15, 0.2) is 0 Å². The van der Waals surface area contributed by atoms with Gasteiger partial charge in [0.1, 0.15) is 0 Å². The Bertz CT molecular complexity index is 358. The Morgan fingerprint density at radius 1 is 1.53 bits per heavy atom. The summed E-state index contributed by atoms with van der Waals surface area (Å²) < 4.78 is 2.12. The van der Waals surface area contributed by atoms with Gasteiger partial charge in [-0.1, -0.05) is 6.92 Å². The van der Waals surface area contributed by atoms with Crippen LogP contribution in [0.5, 0.6) is 0 Å². The molecule has 2 heterocycles. The fourth-order valence-electron chi connectivity index (χ4n) is 2.80. The summed E-state index contributed by atoms with van der Waals surface area (Å²) in [5, 5.41) is 4.41. The van der Waals surface area contributed by atoms with Crippen molar-refractivity contribution in [3.05, 3.63) is 18.0 Å². The molecule has 4 nitrogen and oxygen atoms in total. The minimum absolute atomic E-state index is 0.240. The SMILES string of the molecule is CCCn1nccc1C1C(N)CCN1C(C)C. The second kappa shape index (κ2) is 5.19. The summed E-state index contributed by atoms with van der Waals surface area (Å²) in [6, 6.07) is 3.24. The summed E-state index contributed by atoms with van der Waals surface area (Å²) in [5.41, 5.74) is 7.56. The second-order valence-corrected chi connectivity index (χ2v) is 5.21. The van der Waals surface area contributed by atoms with E-state index in [9.17, 15) is 0 Å². The van der Waals surface area contributed by atoms with Gasteiger partial charge >= 0.3 is 0 Å². The molecule has 0 saturated carbocycles. The van der Waals surface area contributed by atoms with Crippen LogP contribution in [0.3, 0.4) is 0 Å². The van der Waals surface area contributed by atoms with E-state index in [1.165, 1.54) is 5.69 Å². The molecule has 2 rings (SSSR count). The molecule has 2 unspecified atom stereocenters. The number of rotatable bonds is 4. The summed E-state index contributed by atoms with van der Waals surface area (Å²) in [5.74, 6) is 0. The van der Waals surface area contributed by atoms with Crippen molar-refractivity contribution < 1.29 is 0 Å². The monoisotopic (exact) mass is 236 g/mol. The lowest BCUT2D eigenvalue weighted by Crippen LogP contribution is -2.37.